The number of para-hydroxylation sites is 1. The molecular weight excluding hydrogens is 409 g/mol. The van der Waals surface area contributed by atoms with Gasteiger partial charge in [-0.15, -0.1) is 0 Å². The highest BCUT2D eigenvalue weighted by Gasteiger charge is 2.34. The molecule has 0 atom stereocenters. The first-order chi connectivity index (χ1) is 15.0. The minimum atomic E-state index is -0.922. The Kier molecular flexibility index (Phi) is 4.39. The van der Waals surface area contributed by atoms with E-state index in [9.17, 15) is 18.0 Å². The molecule has 4 aromatic rings. The minimum absolute atomic E-state index is 0.0192. The molecular formula is C21H13F3N6O. The molecule has 0 fully saturated rings. The molecule has 3 heterocycles. The van der Waals surface area contributed by atoms with Crippen molar-refractivity contribution in [3.05, 3.63) is 84.2 Å². The topological polar surface area (TPSA) is 75.9 Å². The Balaban J connectivity index is 1.80. The maximum atomic E-state index is 14.6. The lowest BCUT2D eigenvalue weighted by Crippen LogP contribution is -2.43. The third-order valence-electron chi connectivity index (χ3n) is 4.82. The van der Waals surface area contributed by atoms with Crippen LogP contribution in [0.15, 0.2) is 61.2 Å². The number of nitrogens with one attached hydrogen (secondary N) is 1. The number of hydrogen-bond donors (Lipinski definition) is 1. The highest BCUT2D eigenvalue weighted by molar-refractivity contribution is 6.02. The van der Waals surface area contributed by atoms with E-state index in [0.717, 1.165) is 17.0 Å². The Morgan fingerprint density at radius 1 is 0.968 bits per heavy atom. The average Bonchev–Trinajstić information content (AvgIpc) is 3.30. The van der Waals surface area contributed by atoms with Gasteiger partial charge in [-0.05, 0) is 36.4 Å². The van der Waals surface area contributed by atoms with Gasteiger partial charge in [0.25, 0.3) is 0 Å². The summed E-state index contributed by atoms with van der Waals surface area (Å²) in [5.74, 6) is -2.12. The van der Waals surface area contributed by atoms with Crippen molar-refractivity contribution in [3.63, 3.8) is 0 Å². The maximum absolute atomic E-state index is 14.6. The SMILES string of the molecule is O=C1NCc2c(-c3ccc(F)cc3)nc(-n3ccnc3)nc2N1c1c(F)cccc1F. The summed E-state index contributed by atoms with van der Waals surface area (Å²) in [6.07, 6.45) is 4.56. The van der Waals surface area contributed by atoms with E-state index in [1.807, 2.05) is 0 Å². The summed E-state index contributed by atoms with van der Waals surface area (Å²) >= 11 is 0. The molecule has 154 valence electrons. The number of carbonyl (C=O) groups is 1. The molecule has 0 radical (unpaired) electrons. The molecule has 2 amide bonds. The van der Waals surface area contributed by atoms with E-state index in [4.69, 9.17) is 0 Å². The van der Waals surface area contributed by atoms with Gasteiger partial charge in [0.15, 0.2) is 5.82 Å². The number of fused-ring (bicyclic) bond motifs is 1. The Hall–Kier alpha value is -4.21. The molecule has 5 rings (SSSR count). The van der Waals surface area contributed by atoms with Crippen LogP contribution in [0.25, 0.3) is 17.2 Å². The number of imidazole rings is 1. The van der Waals surface area contributed by atoms with E-state index >= 15 is 0 Å². The first-order valence-electron chi connectivity index (χ1n) is 9.20. The van der Waals surface area contributed by atoms with E-state index < -0.39 is 29.2 Å². The fourth-order valence-electron chi connectivity index (χ4n) is 3.40. The number of aromatic nitrogens is 4. The number of hydrogen-bond acceptors (Lipinski definition) is 4. The number of rotatable bonds is 3. The molecule has 2 aromatic heterocycles. The van der Waals surface area contributed by atoms with E-state index in [1.165, 1.54) is 47.4 Å². The second kappa shape index (κ2) is 7.24. The predicted octanol–water partition coefficient (Wildman–Crippen LogP) is 4.11. The Bertz CT molecular complexity index is 1270. The highest BCUT2D eigenvalue weighted by atomic mass is 19.1. The number of urea groups is 1. The third kappa shape index (κ3) is 3.18. The Labute approximate surface area is 173 Å². The Morgan fingerprint density at radius 2 is 1.71 bits per heavy atom. The largest absolute Gasteiger partial charge is 0.333 e. The van der Waals surface area contributed by atoms with Gasteiger partial charge >= 0.3 is 6.03 Å². The van der Waals surface area contributed by atoms with Crippen molar-refractivity contribution >= 4 is 17.5 Å². The van der Waals surface area contributed by atoms with Gasteiger partial charge in [0.1, 0.15) is 29.5 Å². The van der Waals surface area contributed by atoms with E-state index in [2.05, 4.69) is 20.3 Å². The van der Waals surface area contributed by atoms with Crippen molar-refractivity contribution in [2.75, 3.05) is 4.90 Å². The molecule has 0 bridgehead atoms. The maximum Gasteiger partial charge on any atom is 0.328 e. The van der Waals surface area contributed by atoms with Crippen molar-refractivity contribution in [1.82, 2.24) is 24.8 Å². The van der Waals surface area contributed by atoms with Gasteiger partial charge in [0, 0.05) is 23.5 Å². The zero-order valence-corrected chi connectivity index (χ0v) is 15.8. The second-order valence-electron chi connectivity index (χ2n) is 6.72. The van der Waals surface area contributed by atoms with Gasteiger partial charge in [-0.1, -0.05) is 6.07 Å². The van der Waals surface area contributed by atoms with Gasteiger partial charge in [0.05, 0.1) is 12.2 Å². The molecule has 31 heavy (non-hydrogen) atoms. The van der Waals surface area contributed by atoms with Crippen LogP contribution in [0.2, 0.25) is 0 Å². The Morgan fingerprint density at radius 3 is 2.39 bits per heavy atom. The number of benzene rings is 2. The second-order valence-corrected chi connectivity index (χ2v) is 6.72. The molecule has 7 nitrogen and oxygen atoms in total. The van der Waals surface area contributed by atoms with Crippen molar-refractivity contribution in [2.24, 2.45) is 0 Å². The first-order valence-corrected chi connectivity index (χ1v) is 9.20. The van der Waals surface area contributed by atoms with Gasteiger partial charge in [-0.25, -0.2) is 32.8 Å². The average molecular weight is 422 g/mol. The molecule has 0 saturated carbocycles. The summed E-state index contributed by atoms with van der Waals surface area (Å²) in [6, 6.07) is 8.18. The standard InChI is InChI=1S/C21H13F3N6O/c22-13-6-4-12(5-7-13)17-14-10-26-21(31)30(18-15(23)2-1-3-16(18)24)19(14)28-20(27-17)29-9-8-25-11-29/h1-9,11H,10H2,(H,26,31). The van der Waals surface area contributed by atoms with Crippen LogP contribution >= 0.6 is 0 Å². The highest BCUT2D eigenvalue weighted by Crippen LogP contribution is 2.38. The van der Waals surface area contributed by atoms with Crippen molar-refractivity contribution in [1.29, 1.82) is 0 Å². The van der Waals surface area contributed by atoms with Crippen molar-refractivity contribution in [3.8, 4) is 17.2 Å². The summed E-state index contributed by atoms with van der Waals surface area (Å²) < 4.78 is 44.1. The van der Waals surface area contributed by atoms with Crippen LogP contribution in [0.5, 0.6) is 0 Å². The lowest BCUT2D eigenvalue weighted by molar-refractivity contribution is 0.246. The summed E-state index contributed by atoms with van der Waals surface area (Å²) in [4.78, 5) is 26.5. The lowest BCUT2D eigenvalue weighted by atomic mass is 10.0. The smallest absolute Gasteiger partial charge is 0.328 e. The summed E-state index contributed by atoms with van der Waals surface area (Å²) in [7, 11) is 0. The van der Waals surface area contributed by atoms with Gasteiger partial charge in [0.2, 0.25) is 5.95 Å². The summed E-state index contributed by atoms with van der Waals surface area (Å²) in [5, 5.41) is 2.60. The van der Waals surface area contributed by atoms with Gasteiger partial charge in [-0.3, -0.25) is 4.57 Å². The molecule has 0 spiro atoms. The number of carbonyl (C=O) groups excluding carboxylic acids is 1. The number of anilines is 2. The van der Waals surface area contributed by atoms with E-state index in [0.29, 0.717) is 16.8 Å². The molecule has 0 aliphatic carbocycles. The quantitative estimate of drug-likeness (QED) is 0.539. The zero-order chi connectivity index (χ0) is 21.5. The minimum Gasteiger partial charge on any atom is -0.333 e. The van der Waals surface area contributed by atoms with Gasteiger partial charge < -0.3 is 5.32 Å². The zero-order valence-electron chi connectivity index (χ0n) is 15.8. The molecule has 1 aliphatic heterocycles. The van der Waals surface area contributed by atoms with Crippen molar-refractivity contribution < 1.29 is 18.0 Å². The van der Waals surface area contributed by atoms with Crippen LogP contribution < -0.4 is 10.2 Å². The van der Waals surface area contributed by atoms with Crippen LogP contribution in [-0.4, -0.2) is 25.6 Å². The molecule has 0 unspecified atom stereocenters. The first kappa shape index (κ1) is 18.8. The number of halogens is 3. The monoisotopic (exact) mass is 422 g/mol. The fourth-order valence-corrected chi connectivity index (χ4v) is 3.40. The van der Waals surface area contributed by atoms with Crippen LogP contribution in [0.4, 0.5) is 29.5 Å². The summed E-state index contributed by atoms with van der Waals surface area (Å²) in [5.41, 5.74) is 0.806. The molecule has 1 aliphatic rings. The predicted molar refractivity (Wildman–Crippen MR) is 105 cm³/mol. The fraction of sp³-hybridized carbons (Fsp3) is 0.0476. The van der Waals surface area contributed by atoms with Crippen LogP contribution in [0.3, 0.4) is 0 Å². The van der Waals surface area contributed by atoms with E-state index in [-0.39, 0.29) is 18.3 Å². The van der Waals surface area contributed by atoms with Gasteiger partial charge in [-0.2, -0.15) is 4.98 Å². The normalized spacial score (nSPS) is 13.1. The lowest BCUT2D eigenvalue weighted by Gasteiger charge is -2.30. The third-order valence-corrected chi connectivity index (χ3v) is 4.82. The number of amides is 2. The number of nitrogens with zero attached hydrogens (tertiary/aromatic N) is 5. The molecule has 2 aromatic carbocycles. The van der Waals surface area contributed by atoms with E-state index in [1.54, 1.807) is 6.20 Å². The van der Waals surface area contributed by atoms with Crippen LogP contribution in [0, 0.1) is 17.5 Å². The van der Waals surface area contributed by atoms with Crippen molar-refractivity contribution in [2.45, 2.75) is 6.54 Å². The molecule has 0 saturated heterocycles. The molecule has 1 N–H and O–H groups in total. The summed E-state index contributed by atoms with van der Waals surface area (Å²) in [6.45, 7) is 0.0255. The van der Waals surface area contributed by atoms with Crippen LogP contribution in [0.1, 0.15) is 5.56 Å². The molecule has 10 heteroatoms. The van der Waals surface area contributed by atoms with Crippen LogP contribution in [-0.2, 0) is 6.54 Å².